The molecule has 0 spiro atoms. The average Bonchev–Trinajstić information content (AvgIpc) is 1.20. The van der Waals surface area contributed by atoms with Crippen LogP contribution in [0, 0.1) is 17.8 Å². The van der Waals surface area contributed by atoms with E-state index < -0.39 is 97.5 Å². The third kappa shape index (κ3) is 67.3. The maximum absolute atomic E-state index is 13.1. The summed E-state index contributed by atoms with van der Waals surface area (Å²) in [4.78, 5) is 72.8. The molecule has 0 aromatic heterocycles. The molecule has 0 heterocycles. The number of aliphatic hydroxyl groups is 1. The number of ether oxygens (including phenoxy) is 4. The van der Waals surface area contributed by atoms with Crippen LogP contribution in [0.25, 0.3) is 0 Å². The summed E-state index contributed by atoms with van der Waals surface area (Å²) < 4.78 is 68.5. The summed E-state index contributed by atoms with van der Waals surface area (Å²) in [7, 11) is -9.91. The predicted molar refractivity (Wildman–Crippen MR) is 381 cm³/mol. The number of rotatable bonds is 73. The first-order valence-electron chi connectivity index (χ1n) is 38.9. The van der Waals surface area contributed by atoms with Crippen LogP contribution in [-0.2, 0) is 65.4 Å². The molecule has 0 aliphatic rings. The van der Waals surface area contributed by atoms with Gasteiger partial charge in [0.25, 0.3) is 0 Å². The van der Waals surface area contributed by atoms with Crippen LogP contribution in [0.15, 0.2) is 0 Å². The fourth-order valence-corrected chi connectivity index (χ4v) is 13.0. The summed E-state index contributed by atoms with van der Waals surface area (Å²) >= 11 is 0. The number of esters is 4. The molecule has 558 valence electrons. The van der Waals surface area contributed by atoms with Crippen LogP contribution in [0.1, 0.15) is 382 Å². The van der Waals surface area contributed by atoms with Gasteiger partial charge in [0, 0.05) is 25.7 Å². The molecule has 3 unspecified atom stereocenters. The van der Waals surface area contributed by atoms with E-state index in [-0.39, 0.29) is 25.7 Å². The number of phosphoric acid groups is 2. The summed E-state index contributed by atoms with van der Waals surface area (Å²) in [6.45, 7) is 11.9. The summed E-state index contributed by atoms with van der Waals surface area (Å²) in [5, 5.41) is 10.6. The van der Waals surface area contributed by atoms with E-state index in [1.165, 1.54) is 186 Å². The van der Waals surface area contributed by atoms with Crippen molar-refractivity contribution in [2.24, 2.45) is 17.8 Å². The maximum Gasteiger partial charge on any atom is 0.472 e. The summed E-state index contributed by atoms with van der Waals surface area (Å²) in [5.74, 6) is 0.170. The second kappa shape index (κ2) is 65.7. The van der Waals surface area contributed by atoms with Crippen molar-refractivity contribution in [3.8, 4) is 0 Å². The van der Waals surface area contributed by atoms with Gasteiger partial charge in [-0.3, -0.25) is 37.3 Å². The molecule has 19 heteroatoms. The molecular formula is C75H146O17P2. The van der Waals surface area contributed by atoms with Crippen molar-refractivity contribution in [1.82, 2.24) is 0 Å². The molecule has 17 nitrogen and oxygen atoms in total. The topological polar surface area (TPSA) is 237 Å². The maximum atomic E-state index is 13.1. The molecular weight excluding hydrogens is 1230 g/mol. The largest absolute Gasteiger partial charge is 0.472 e. The van der Waals surface area contributed by atoms with E-state index >= 15 is 0 Å². The van der Waals surface area contributed by atoms with Crippen LogP contribution in [-0.4, -0.2) is 96.7 Å². The van der Waals surface area contributed by atoms with E-state index in [1.54, 1.807) is 0 Å². The second-order valence-electron chi connectivity index (χ2n) is 28.2. The van der Waals surface area contributed by atoms with E-state index in [0.29, 0.717) is 25.7 Å². The van der Waals surface area contributed by atoms with Crippen molar-refractivity contribution >= 4 is 39.5 Å². The molecule has 0 rings (SSSR count). The third-order valence-corrected chi connectivity index (χ3v) is 19.6. The zero-order chi connectivity index (χ0) is 69.4. The Morgan fingerprint density at radius 3 is 0.809 bits per heavy atom. The lowest BCUT2D eigenvalue weighted by Gasteiger charge is -2.21. The van der Waals surface area contributed by atoms with Gasteiger partial charge < -0.3 is 33.8 Å². The molecule has 0 aromatic carbocycles. The molecule has 3 N–H and O–H groups in total. The number of aliphatic hydroxyl groups excluding tert-OH is 1. The summed E-state index contributed by atoms with van der Waals surface area (Å²) in [5.41, 5.74) is 0. The Morgan fingerprint density at radius 1 is 0.309 bits per heavy atom. The van der Waals surface area contributed by atoms with Crippen LogP contribution in [0.4, 0.5) is 0 Å². The first kappa shape index (κ1) is 92.1. The highest BCUT2D eigenvalue weighted by Crippen LogP contribution is 2.45. The van der Waals surface area contributed by atoms with Crippen molar-refractivity contribution in [2.75, 3.05) is 39.6 Å². The Hall–Kier alpha value is -1.94. The molecule has 0 saturated heterocycles. The van der Waals surface area contributed by atoms with E-state index in [4.69, 9.17) is 37.0 Å². The third-order valence-electron chi connectivity index (χ3n) is 17.7. The highest BCUT2D eigenvalue weighted by molar-refractivity contribution is 7.47. The van der Waals surface area contributed by atoms with Gasteiger partial charge >= 0.3 is 39.5 Å². The van der Waals surface area contributed by atoms with Crippen molar-refractivity contribution < 1.29 is 80.2 Å². The Kier molecular flexibility index (Phi) is 64.3. The zero-order valence-electron chi connectivity index (χ0n) is 61.4. The van der Waals surface area contributed by atoms with Gasteiger partial charge in [-0.2, -0.15) is 0 Å². The molecule has 0 radical (unpaired) electrons. The van der Waals surface area contributed by atoms with Gasteiger partial charge in [0.05, 0.1) is 26.4 Å². The minimum absolute atomic E-state index is 0.107. The Labute approximate surface area is 575 Å². The lowest BCUT2D eigenvalue weighted by molar-refractivity contribution is -0.161. The molecule has 94 heavy (non-hydrogen) atoms. The fourth-order valence-electron chi connectivity index (χ4n) is 11.4. The highest BCUT2D eigenvalue weighted by Gasteiger charge is 2.30. The van der Waals surface area contributed by atoms with Crippen LogP contribution in [0.3, 0.4) is 0 Å². The molecule has 0 fully saturated rings. The normalized spacial score (nSPS) is 14.4. The SMILES string of the molecule is CCCCCCCCCCCCCCCCC(=O)O[C@H](COC(=O)CCCCCCCCC(C)CC)COP(=O)(O)OC[C@H](O)COP(=O)(O)OC[C@@H](COC(=O)CCCCCCCCCCCCCC(C)C)OC(=O)CCCCCCCCCCCCCCCC(C)C. The smallest absolute Gasteiger partial charge is 0.462 e. The fraction of sp³-hybridized carbons (Fsp3) is 0.947. The van der Waals surface area contributed by atoms with Crippen molar-refractivity contribution in [2.45, 2.75) is 401 Å². The van der Waals surface area contributed by atoms with Gasteiger partial charge in [-0.15, -0.1) is 0 Å². The van der Waals surface area contributed by atoms with E-state index in [2.05, 4.69) is 48.5 Å². The highest BCUT2D eigenvalue weighted by atomic mass is 31.2. The number of unbranched alkanes of at least 4 members (excludes halogenated alkanes) is 40. The van der Waals surface area contributed by atoms with Crippen molar-refractivity contribution in [3.05, 3.63) is 0 Å². The number of phosphoric ester groups is 2. The Bertz CT molecular complexity index is 1840. The number of hydrogen-bond acceptors (Lipinski definition) is 15. The van der Waals surface area contributed by atoms with E-state index in [1.807, 2.05) is 0 Å². The quantitative estimate of drug-likeness (QED) is 0.0222. The number of hydrogen-bond donors (Lipinski definition) is 3. The van der Waals surface area contributed by atoms with Crippen LogP contribution < -0.4 is 0 Å². The molecule has 0 saturated carbocycles. The van der Waals surface area contributed by atoms with E-state index in [9.17, 15) is 43.2 Å². The van der Waals surface area contributed by atoms with Crippen molar-refractivity contribution in [1.29, 1.82) is 0 Å². The molecule has 0 bridgehead atoms. The minimum atomic E-state index is -4.96. The monoisotopic (exact) mass is 1380 g/mol. The first-order valence-corrected chi connectivity index (χ1v) is 41.9. The van der Waals surface area contributed by atoms with Gasteiger partial charge in [0.15, 0.2) is 12.2 Å². The predicted octanol–water partition coefficient (Wildman–Crippen LogP) is 21.8. The average molecular weight is 1380 g/mol. The lowest BCUT2D eigenvalue weighted by Crippen LogP contribution is -2.30. The molecule has 0 aromatic rings. The Morgan fingerprint density at radius 2 is 0.543 bits per heavy atom. The van der Waals surface area contributed by atoms with Gasteiger partial charge in [-0.1, -0.05) is 331 Å². The zero-order valence-corrected chi connectivity index (χ0v) is 63.2. The Balaban J connectivity index is 5.26. The van der Waals surface area contributed by atoms with Crippen LogP contribution in [0.5, 0.6) is 0 Å². The molecule has 0 amide bonds. The molecule has 0 aliphatic heterocycles. The van der Waals surface area contributed by atoms with Gasteiger partial charge in [0.1, 0.15) is 19.3 Å². The van der Waals surface area contributed by atoms with E-state index in [0.717, 1.165) is 114 Å². The minimum Gasteiger partial charge on any atom is -0.462 e. The van der Waals surface area contributed by atoms with Gasteiger partial charge in [0.2, 0.25) is 0 Å². The molecule has 0 aliphatic carbocycles. The van der Waals surface area contributed by atoms with Crippen LogP contribution >= 0.6 is 15.6 Å². The second-order valence-corrected chi connectivity index (χ2v) is 31.1. The first-order chi connectivity index (χ1) is 45.3. The standard InChI is InChI=1S/C75H146O17P2/c1-8-10-11-12-13-14-15-16-19-24-30-35-44-51-58-75(80)92-71(63-86-73(78)57-50-43-38-37-41-48-55-68(7)9-2)65-90-94(83,84)88-61-69(76)60-87-93(81,82)89-64-70(62-85-72(77)56-49-42-34-29-26-21-23-28-33-40-47-54-67(5)6)91-74(79)59-52-45-36-31-25-20-17-18-22-27-32-39-46-53-66(3)4/h66-71,76H,8-65H2,1-7H3,(H,81,82)(H,83,84)/t68?,69-,70-,71-/m1/s1. The summed E-state index contributed by atoms with van der Waals surface area (Å²) in [6.07, 6.45) is 51.2. The number of carbonyl (C=O) groups is 4. The van der Waals surface area contributed by atoms with Gasteiger partial charge in [-0.25, -0.2) is 9.13 Å². The van der Waals surface area contributed by atoms with Crippen LogP contribution in [0.2, 0.25) is 0 Å². The lowest BCUT2D eigenvalue weighted by atomic mass is 10.00. The van der Waals surface area contributed by atoms with Crippen molar-refractivity contribution in [3.63, 3.8) is 0 Å². The molecule has 6 atom stereocenters. The van der Waals surface area contributed by atoms with Gasteiger partial charge in [-0.05, 0) is 43.4 Å². The summed E-state index contributed by atoms with van der Waals surface area (Å²) in [6, 6.07) is 0. The number of carbonyl (C=O) groups excluding carboxylic acids is 4.